The largest absolute Gasteiger partial charge is 0.511 e. The van der Waals surface area contributed by atoms with E-state index in [2.05, 4.69) is 4.99 Å². The first-order valence-electron chi connectivity index (χ1n) is 7.86. The number of benzene rings is 2. The van der Waals surface area contributed by atoms with Crippen LogP contribution in [0.2, 0.25) is 0 Å². The maximum Gasteiger partial charge on any atom is 0.168 e. The molecule has 24 heavy (non-hydrogen) atoms. The van der Waals surface area contributed by atoms with Gasteiger partial charge in [-0.3, -0.25) is 4.79 Å². The average molecular weight is 323 g/mol. The van der Waals surface area contributed by atoms with Gasteiger partial charge in [0.1, 0.15) is 11.6 Å². The third kappa shape index (κ3) is 3.27. The number of carbonyl (C=O) groups is 1. The number of Topliss-reactive ketones (excluding diaryl/α,β-unsaturated/α-hetero) is 1. The van der Waals surface area contributed by atoms with E-state index in [0.717, 1.165) is 5.56 Å². The molecule has 1 aliphatic carbocycles. The summed E-state index contributed by atoms with van der Waals surface area (Å²) < 4.78 is 13.7. The summed E-state index contributed by atoms with van der Waals surface area (Å²) in [5, 5.41) is 10.4. The van der Waals surface area contributed by atoms with Gasteiger partial charge in [-0.25, -0.2) is 9.38 Å². The summed E-state index contributed by atoms with van der Waals surface area (Å²) in [7, 11) is 0. The third-order valence-electron chi connectivity index (χ3n) is 4.21. The molecule has 0 saturated heterocycles. The van der Waals surface area contributed by atoms with E-state index >= 15 is 0 Å². The Kier molecular flexibility index (Phi) is 4.56. The number of aliphatic hydroxyl groups excluding tert-OH is 1. The summed E-state index contributed by atoms with van der Waals surface area (Å²) in [6.45, 7) is 1.62. The number of halogens is 1. The summed E-state index contributed by atoms with van der Waals surface area (Å²) in [5.41, 5.74) is 1.74. The Labute approximate surface area is 140 Å². The van der Waals surface area contributed by atoms with E-state index in [1.807, 2.05) is 30.3 Å². The Hall–Kier alpha value is -2.75. The van der Waals surface area contributed by atoms with Crippen molar-refractivity contribution < 1.29 is 14.3 Å². The predicted molar refractivity (Wildman–Crippen MR) is 92.2 cm³/mol. The van der Waals surface area contributed by atoms with Gasteiger partial charge in [0.05, 0.1) is 17.0 Å². The summed E-state index contributed by atoms with van der Waals surface area (Å²) in [6.07, 6.45) is 0.697. The van der Waals surface area contributed by atoms with Crippen molar-refractivity contribution in [3.8, 4) is 0 Å². The molecule has 3 rings (SSSR count). The van der Waals surface area contributed by atoms with Crippen LogP contribution >= 0.6 is 0 Å². The fourth-order valence-corrected chi connectivity index (χ4v) is 3.04. The van der Waals surface area contributed by atoms with Crippen molar-refractivity contribution in [1.29, 1.82) is 0 Å². The molecule has 3 nitrogen and oxygen atoms in total. The standard InChI is InChI=1S/C20H18FNO2/c1-13(22-17-10-6-5-9-16(17)21)20-18(23)11-15(12-19(20)24)14-7-3-2-4-8-14/h2-10,15,23H,11-12H2,1H3. The van der Waals surface area contributed by atoms with Crippen molar-refractivity contribution in [3.63, 3.8) is 0 Å². The number of carbonyl (C=O) groups excluding carboxylic acids is 1. The predicted octanol–water partition coefficient (Wildman–Crippen LogP) is 4.88. The van der Waals surface area contributed by atoms with E-state index in [0.29, 0.717) is 18.6 Å². The molecule has 1 N–H and O–H groups in total. The van der Waals surface area contributed by atoms with Crippen molar-refractivity contribution in [2.45, 2.75) is 25.7 Å². The molecule has 2 aromatic carbocycles. The summed E-state index contributed by atoms with van der Waals surface area (Å²) >= 11 is 0. The molecule has 122 valence electrons. The number of rotatable bonds is 3. The summed E-state index contributed by atoms with van der Waals surface area (Å²) in [5.74, 6) is -0.631. The lowest BCUT2D eigenvalue weighted by Gasteiger charge is -2.23. The Morgan fingerprint density at radius 3 is 2.42 bits per heavy atom. The first-order chi connectivity index (χ1) is 11.6. The number of hydrogen-bond acceptors (Lipinski definition) is 3. The molecule has 0 radical (unpaired) electrons. The highest BCUT2D eigenvalue weighted by Gasteiger charge is 2.30. The number of hydrogen-bond donors (Lipinski definition) is 1. The Morgan fingerprint density at radius 2 is 1.75 bits per heavy atom. The Balaban J connectivity index is 1.91. The molecule has 0 aromatic heterocycles. The van der Waals surface area contributed by atoms with Gasteiger partial charge < -0.3 is 5.11 Å². The highest BCUT2D eigenvalue weighted by molar-refractivity contribution is 6.23. The number of para-hydroxylation sites is 1. The number of aliphatic imine (C=N–C) groups is 1. The van der Waals surface area contributed by atoms with Crippen LogP contribution < -0.4 is 0 Å². The lowest BCUT2D eigenvalue weighted by atomic mass is 9.81. The topological polar surface area (TPSA) is 49.7 Å². The van der Waals surface area contributed by atoms with Gasteiger partial charge in [0.2, 0.25) is 0 Å². The second-order valence-corrected chi connectivity index (χ2v) is 5.91. The molecule has 0 aliphatic heterocycles. The van der Waals surface area contributed by atoms with Crippen LogP contribution in [0.4, 0.5) is 10.1 Å². The Bertz CT molecular complexity index is 825. The monoisotopic (exact) mass is 323 g/mol. The van der Waals surface area contributed by atoms with Gasteiger partial charge in [-0.2, -0.15) is 0 Å². The van der Waals surface area contributed by atoms with Crippen LogP contribution in [0.15, 0.2) is 70.9 Å². The van der Waals surface area contributed by atoms with Gasteiger partial charge in [-0.1, -0.05) is 42.5 Å². The van der Waals surface area contributed by atoms with Crippen molar-refractivity contribution >= 4 is 17.2 Å². The van der Waals surface area contributed by atoms with E-state index < -0.39 is 5.82 Å². The highest BCUT2D eigenvalue weighted by Crippen LogP contribution is 2.34. The van der Waals surface area contributed by atoms with Gasteiger partial charge in [-0.15, -0.1) is 0 Å². The molecule has 1 aliphatic rings. The third-order valence-corrected chi connectivity index (χ3v) is 4.21. The number of allylic oxidation sites excluding steroid dienone is 2. The zero-order valence-corrected chi connectivity index (χ0v) is 13.4. The minimum Gasteiger partial charge on any atom is -0.511 e. The van der Waals surface area contributed by atoms with E-state index in [4.69, 9.17) is 0 Å². The average Bonchev–Trinajstić information content (AvgIpc) is 2.57. The maximum atomic E-state index is 13.7. The van der Waals surface area contributed by atoms with Crippen LogP contribution in [-0.4, -0.2) is 16.6 Å². The van der Waals surface area contributed by atoms with Gasteiger partial charge in [0.15, 0.2) is 5.78 Å². The molecule has 4 heteroatoms. The fraction of sp³-hybridized carbons (Fsp3) is 0.200. The molecule has 2 aromatic rings. The molecule has 0 heterocycles. The van der Waals surface area contributed by atoms with Gasteiger partial charge in [0.25, 0.3) is 0 Å². The van der Waals surface area contributed by atoms with Crippen molar-refractivity contribution in [2.75, 3.05) is 0 Å². The first kappa shape index (κ1) is 16.1. The van der Waals surface area contributed by atoms with Crippen molar-refractivity contribution in [2.24, 2.45) is 4.99 Å². The Morgan fingerprint density at radius 1 is 1.08 bits per heavy atom. The number of nitrogens with zero attached hydrogens (tertiary/aromatic N) is 1. The van der Waals surface area contributed by atoms with E-state index in [-0.39, 0.29) is 28.7 Å². The van der Waals surface area contributed by atoms with Crippen LogP contribution in [0.25, 0.3) is 0 Å². The smallest absolute Gasteiger partial charge is 0.168 e. The van der Waals surface area contributed by atoms with Gasteiger partial charge in [0, 0.05) is 12.8 Å². The molecule has 0 fully saturated rings. The minimum atomic E-state index is -0.456. The van der Waals surface area contributed by atoms with Crippen molar-refractivity contribution in [1.82, 2.24) is 0 Å². The van der Waals surface area contributed by atoms with E-state index in [9.17, 15) is 14.3 Å². The zero-order chi connectivity index (χ0) is 17.1. The van der Waals surface area contributed by atoms with Gasteiger partial charge in [-0.05, 0) is 30.5 Å². The second kappa shape index (κ2) is 6.79. The summed E-state index contributed by atoms with van der Waals surface area (Å²) in [6, 6.07) is 15.8. The molecule has 0 bridgehead atoms. The van der Waals surface area contributed by atoms with Crippen LogP contribution in [0.3, 0.4) is 0 Å². The number of aliphatic hydroxyl groups is 1. The van der Waals surface area contributed by atoms with Crippen LogP contribution in [-0.2, 0) is 4.79 Å². The van der Waals surface area contributed by atoms with E-state index in [1.54, 1.807) is 19.1 Å². The van der Waals surface area contributed by atoms with Crippen LogP contribution in [0.5, 0.6) is 0 Å². The zero-order valence-electron chi connectivity index (χ0n) is 13.4. The van der Waals surface area contributed by atoms with Crippen LogP contribution in [0.1, 0.15) is 31.2 Å². The normalized spacial score (nSPS) is 18.8. The molecule has 0 amide bonds. The summed E-state index contributed by atoms with van der Waals surface area (Å²) in [4.78, 5) is 16.7. The second-order valence-electron chi connectivity index (χ2n) is 5.91. The molecule has 1 atom stereocenters. The first-order valence-corrected chi connectivity index (χ1v) is 7.86. The fourth-order valence-electron chi connectivity index (χ4n) is 3.04. The quantitative estimate of drug-likeness (QED) is 0.819. The van der Waals surface area contributed by atoms with E-state index in [1.165, 1.54) is 12.1 Å². The molecular formula is C20H18FNO2. The lowest BCUT2D eigenvalue weighted by molar-refractivity contribution is -0.116. The maximum absolute atomic E-state index is 13.7. The number of ketones is 1. The molecule has 1 unspecified atom stereocenters. The molecule has 0 saturated carbocycles. The van der Waals surface area contributed by atoms with Gasteiger partial charge >= 0.3 is 0 Å². The molecular weight excluding hydrogens is 305 g/mol. The SMILES string of the molecule is CC(=Nc1ccccc1F)C1=C(O)CC(c2ccccc2)CC1=O. The molecule has 0 spiro atoms. The lowest BCUT2D eigenvalue weighted by Crippen LogP contribution is -2.22. The minimum absolute atomic E-state index is 0.0256. The van der Waals surface area contributed by atoms with Crippen LogP contribution in [0, 0.1) is 5.82 Å². The van der Waals surface area contributed by atoms with Crippen molar-refractivity contribution in [3.05, 3.63) is 77.3 Å². The highest BCUT2D eigenvalue weighted by atomic mass is 19.1.